The fourth-order valence-electron chi connectivity index (χ4n) is 2.17. The van der Waals surface area contributed by atoms with E-state index in [1.54, 1.807) is 7.11 Å². The Morgan fingerprint density at radius 2 is 2.31 bits per heavy atom. The lowest BCUT2D eigenvalue weighted by Gasteiger charge is -2.15. The molecule has 4 heteroatoms. The van der Waals surface area contributed by atoms with Gasteiger partial charge in [0.15, 0.2) is 0 Å². The maximum Gasteiger partial charge on any atom is 0.129 e. The predicted octanol–water partition coefficient (Wildman–Crippen LogP) is 3.13. The van der Waals surface area contributed by atoms with E-state index in [1.807, 2.05) is 6.20 Å². The standard InChI is InChI=1S/C12H17BrN2O/c1-8-5-9(13)7-14-12(8)15-10-3-4-11(6-10)16-2/h5,7,10-11H,3-4,6H2,1-2H3,(H,14,15). The molecular weight excluding hydrogens is 268 g/mol. The lowest BCUT2D eigenvalue weighted by molar-refractivity contribution is 0.108. The van der Waals surface area contributed by atoms with Crippen molar-refractivity contribution in [3.8, 4) is 0 Å². The Balaban J connectivity index is 1.99. The van der Waals surface area contributed by atoms with Crippen LogP contribution in [-0.4, -0.2) is 24.2 Å². The number of ether oxygens (including phenoxy) is 1. The third kappa shape index (κ3) is 2.74. The summed E-state index contributed by atoms with van der Waals surface area (Å²) < 4.78 is 6.39. The van der Waals surface area contributed by atoms with Crippen molar-refractivity contribution in [1.82, 2.24) is 4.98 Å². The van der Waals surface area contributed by atoms with Gasteiger partial charge in [0.05, 0.1) is 6.10 Å². The second-order valence-corrected chi connectivity index (χ2v) is 5.25. The normalized spacial score (nSPS) is 24.7. The molecule has 1 fully saturated rings. The van der Waals surface area contributed by atoms with E-state index in [-0.39, 0.29) is 0 Å². The number of anilines is 1. The zero-order chi connectivity index (χ0) is 11.5. The van der Waals surface area contributed by atoms with Crippen LogP contribution in [0, 0.1) is 6.92 Å². The van der Waals surface area contributed by atoms with Crippen LogP contribution in [0.15, 0.2) is 16.7 Å². The number of pyridine rings is 1. The molecule has 1 aromatic rings. The summed E-state index contributed by atoms with van der Waals surface area (Å²) in [7, 11) is 1.79. The van der Waals surface area contributed by atoms with Crippen LogP contribution in [0.25, 0.3) is 0 Å². The molecule has 1 N–H and O–H groups in total. The van der Waals surface area contributed by atoms with Gasteiger partial charge in [0.25, 0.3) is 0 Å². The van der Waals surface area contributed by atoms with Gasteiger partial charge in [0.2, 0.25) is 0 Å². The summed E-state index contributed by atoms with van der Waals surface area (Å²) in [5.41, 5.74) is 1.18. The van der Waals surface area contributed by atoms with Gasteiger partial charge in [-0.3, -0.25) is 0 Å². The zero-order valence-electron chi connectivity index (χ0n) is 9.66. The van der Waals surface area contributed by atoms with E-state index in [0.29, 0.717) is 12.1 Å². The van der Waals surface area contributed by atoms with Crippen molar-refractivity contribution in [1.29, 1.82) is 0 Å². The average Bonchev–Trinajstić information content (AvgIpc) is 2.70. The lowest BCUT2D eigenvalue weighted by Crippen LogP contribution is -2.18. The minimum absolute atomic E-state index is 0.410. The molecule has 0 spiro atoms. The molecule has 1 aliphatic carbocycles. The smallest absolute Gasteiger partial charge is 0.129 e. The van der Waals surface area contributed by atoms with E-state index >= 15 is 0 Å². The second kappa shape index (κ2) is 5.15. The first-order valence-corrected chi connectivity index (χ1v) is 6.40. The minimum atomic E-state index is 0.410. The molecule has 1 aliphatic rings. The van der Waals surface area contributed by atoms with Gasteiger partial charge >= 0.3 is 0 Å². The highest BCUT2D eigenvalue weighted by Gasteiger charge is 2.24. The van der Waals surface area contributed by atoms with Crippen LogP contribution < -0.4 is 5.32 Å². The van der Waals surface area contributed by atoms with Gasteiger partial charge in [0, 0.05) is 23.8 Å². The third-order valence-corrected chi connectivity index (χ3v) is 3.54. The second-order valence-electron chi connectivity index (χ2n) is 4.33. The Hall–Kier alpha value is -0.610. The summed E-state index contributed by atoms with van der Waals surface area (Å²) in [6.45, 7) is 2.07. The summed E-state index contributed by atoms with van der Waals surface area (Å²) in [6, 6.07) is 2.58. The number of nitrogens with one attached hydrogen (secondary N) is 1. The molecule has 0 bridgehead atoms. The first-order valence-electron chi connectivity index (χ1n) is 5.60. The van der Waals surface area contributed by atoms with Crippen molar-refractivity contribution in [2.24, 2.45) is 0 Å². The summed E-state index contributed by atoms with van der Waals surface area (Å²) in [4.78, 5) is 4.39. The number of aryl methyl sites for hydroxylation is 1. The molecule has 0 aliphatic heterocycles. The van der Waals surface area contributed by atoms with E-state index in [2.05, 4.69) is 39.2 Å². The van der Waals surface area contributed by atoms with Gasteiger partial charge in [-0.15, -0.1) is 0 Å². The highest BCUT2D eigenvalue weighted by molar-refractivity contribution is 9.10. The minimum Gasteiger partial charge on any atom is -0.381 e. The molecule has 0 aromatic carbocycles. The van der Waals surface area contributed by atoms with Gasteiger partial charge in [-0.05, 0) is 53.7 Å². The first-order chi connectivity index (χ1) is 7.69. The molecule has 0 radical (unpaired) electrons. The predicted molar refractivity (Wildman–Crippen MR) is 68.7 cm³/mol. The number of halogens is 1. The van der Waals surface area contributed by atoms with Crippen LogP contribution in [0.4, 0.5) is 5.82 Å². The number of hydrogen-bond donors (Lipinski definition) is 1. The molecular formula is C12H17BrN2O. The molecule has 0 amide bonds. The number of hydrogen-bond acceptors (Lipinski definition) is 3. The highest BCUT2D eigenvalue weighted by Crippen LogP contribution is 2.26. The molecule has 0 saturated heterocycles. The van der Waals surface area contributed by atoms with Crippen LogP contribution in [0.5, 0.6) is 0 Å². The van der Waals surface area contributed by atoms with Gasteiger partial charge in [-0.2, -0.15) is 0 Å². The average molecular weight is 285 g/mol. The molecule has 1 aromatic heterocycles. The molecule has 1 heterocycles. The van der Waals surface area contributed by atoms with E-state index in [1.165, 1.54) is 5.56 Å². The maximum absolute atomic E-state index is 5.36. The Morgan fingerprint density at radius 1 is 1.50 bits per heavy atom. The summed E-state index contributed by atoms with van der Waals surface area (Å²) >= 11 is 3.42. The molecule has 16 heavy (non-hydrogen) atoms. The number of rotatable bonds is 3. The summed E-state index contributed by atoms with van der Waals surface area (Å²) in [6.07, 6.45) is 5.62. The molecule has 2 atom stereocenters. The van der Waals surface area contributed by atoms with Gasteiger partial charge in [0.1, 0.15) is 5.82 Å². The van der Waals surface area contributed by atoms with Crippen LogP contribution in [0.3, 0.4) is 0 Å². The molecule has 2 unspecified atom stereocenters. The molecule has 1 saturated carbocycles. The quantitative estimate of drug-likeness (QED) is 0.926. The number of aromatic nitrogens is 1. The molecule has 2 rings (SSSR count). The van der Waals surface area contributed by atoms with Crippen LogP contribution in [0.2, 0.25) is 0 Å². The van der Waals surface area contributed by atoms with Gasteiger partial charge < -0.3 is 10.1 Å². The summed E-state index contributed by atoms with van der Waals surface area (Å²) in [5, 5.41) is 3.49. The lowest BCUT2D eigenvalue weighted by atomic mass is 10.2. The fourth-order valence-corrected chi connectivity index (χ4v) is 2.62. The van der Waals surface area contributed by atoms with Crippen LogP contribution in [-0.2, 0) is 4.74 Å². The van der Waals surface area contributed by atoms with E-state index in [4.69, 9.17) is 4.74 Å². The summed E-state index contributed by atoms with van der Waals surface area (Å²) in [5.74, 6) is 0.991. The van der Waals surface area contributed by atoms with Crippen LogP contribution >= 0.6 is 15.9 Å². The maximum atomic E-state index is 5.36. The van der Waals surface area contributed by atoms with E-state index in [9.17, 15) is 0 Å². The Bertz CT molecular complexity index is 370. The zero-order valence-corrected chi connectivity index (χ0v) is 11.3. The monoisotopic (exact) mass is 284 g/mol. The first kappa shape index (κ1) is 11.9. The van der Waals surface area contributed by atoms with Crippen molar-refractivity contribution >= 4 is 21.7 Å². The number of methoxy groups -OCH3 is 1. The van der Waals surface area contributed by atoms with Crippen molar-refractivity contribution in [3.05, 3.63) is 22.3 Å². The van der Waals surface area contributed by atoms with Crippen molar-refractivity contribution < 1.29 is 4.74 Å². The Kier molecular flexibility index (Phi) is 3.82. The molecule has 3 nitrogen and oxygen atoms in total. The van der Waals surface area contributed by atoms with E-state index < -0.39 is 0 Å². The highest BCUT2D eigenvalue weighted by atomic mass is 79.9. The fraction of sp³-hybridized carbons (Fsp3) is 0.583. The topological polar surface area (TPSA) is 34.1 Å². The molecule has 88 valence electrons. The van der Waals surface area contributed by atoms with E-state index in [0.717, 1.165) is 29.6 Å². The largest absolute Gasteiger partial charge is 0.381 e. The van der Waals surface area contributed by atoms with Crippen molar-refractivity contribution in [2.45, 2.75) is 38.3 Å². The van der Waals surface area contributed by atoms with Crippen molar-refractivity contribution in [2.75, 3.05) is 12.4 Å². The van der Waals surface area contributed by atoms with Crippen molar-refractivity contribution in [3.63, 3.8) is 0 Å². The Morgan fingerprint density at radius 3 is 2.94 bits per heavy atom. The third-order valence-electron chi connectivity index (χ3n) is 3.10. The van der Waals surface area contributed by atoms with Crippen LogP contribution in [0.1, 0.15) is 24.8 Å². The Labute approximate surface area is 105 Å². The van der Waals surface area contributed by atoms with Gasteiger partial charge in [-0.1, -0.05) is 0 Å². The van der Waals surface area contributed by atoms with Gasteiger partial charge in [-0.25, -0.2) is 4.98 Å². The number of nitrogens with zero attached hydrogens (tertiary/aromatic N) is 1. The SMILES string of the molecule is COC1CCC(Nc2ncc(Br)cc2C)C1.